The van der Waals surface area contributed by atoms with Gasteiger partial charge in [-0.15, -0.1) is 0 Å². The molecule has 0 aromatic heterocycles. The lowest BCUT2D eigenvalue weighted by atomic mass is 9.95. The third-order valence-electron chi connectivity index (χ3n) is 6.26. The standard InChI is InChI=1S/C23H35ClN4O2/c1-26(2)12-6-11-25-22(29)21(18-7-3-4-8-18)27-13-15-28(16-14-27)23(30)19-9-5-10-20(24)17-19/h5,9-10,17-18,21H,3-4,6-8,11-16H2,1-2H3,(H,25,29). The van der Waals surface area contributed by atoms with Gasteiger partial charge in [-0.3, -0.25) is 14.5 Å². The molecule has 6 nitrogen and oxygen atoms in total. The van der Waals surface area contributed by atoms with Crippen molar-refractivity contribution in [2.75, 3.05) is 53.4 Å². The minimum absolute atomic E-state index is 0.0164. The normalized spacial score (nSPS) is 19.3. The van der Waals surface area contributed by atoms with Crippen LogP contribution in [0.1, 0.15) is 42.5 Å². The van der Waals surface area contributed by atoms with Crippen molar-refractivity contribution in [3.05, 3.63) is 34.9 Å². The molecule has 7 heteroatoms. The number of hydrogen-bond donors (Lipinski definition) is 1. The van der Waals surface area contributed by atoms with Crippen LogP contribution in [0, 0.1) is 5.92 Å². The van der Waals surface area contributed by atoms with Gasteiger partial charge in [0.25, 0.3) is 5.91 Å². The molecule has 2 fully saturated rings. The first kappa shape index (κ1) is 23.0. The highest BCUT2D eigenvalue weighted by molar-refractivity contribution is 6.30. The average Bonchev–Trinajstić information content (AvgIpc) is 3.25. The molecule has 1 atom stereocenters. The van der Waals surface area contributed by atoms with Gasteiger partial charge in [0.05, 0.1) is 6.04 Å². The summed E-state index contributed by atoms with van der Waals surface area (Å²) < 4.78 is 0. The van der Waals surface area contributed by atoms with E-state index in [-0.39, 0.29) is 17.9 Å². The lowest BCUT2D eigenvalue weighted by Gasteiger charge is -2.40. The number of nitrogens with zero attached hydrogens (tertiary/aromatic N) is 3. The smallest absolute Gasteiger partial charge is 0.253 e. The quantitative estimate of drug-likeness (QED) is 0.639. The molecule has 0 spiro atoms. The van der Waals surface area contributed by atoms with E-state index in [9.17, 15) is 9.59 Å². The number of piperazine rings is 1. The summed E-state index contributed by atoms with van der Waals surface area (Å²) in [5.74, 6) is 0.604. The number of benzene rings is 1. The topological polar surface area (TPSA) is 55.9 Å². The molecule has 3 rings (SSSR count). The second-order valence-corrected chi connectivity index (χ2v) is 9.21. The molecule has 1 aliphatic carbocycles. The Morgan fingerprint density at radius 1 is 1.17 bits per heavy atom. The zero-order valence-corrected chi connectivity index (χ0v) is 19.0. The summed E-state index contributed by atoms with van der Waals surface area (Å²) in [6, 6.07) is 7.04. The Morgan fingerprint density at radius 2 is 1.87 bits per heavy atom. The van der Waals surface area contributed by atoms with Gasteiger partial charge >= 0.3 is 0 Å². The van der Waals surface area contributed by atoms with Crippen molar-refractivity contribution in [2.24, 2.45) is 5.92 Å². The molecule has 2 aliphatic rings. The minimum atomic E-state index is -0.0738. The molecular formula is C23H35ClN4O2. The molecule has 1 aromatic rings. The Morgan fingerprint density at radius 3 is 2.50 bits per heavy atom. The number of carbonyl (C=O) groups is 2. The molecule has 30 heavy (non-hydrogen) atoms. The molecule has 1 saturated carbocycles. The van der Waals surface area contributed by atoms with Crippen molar-refractivity contribution in [2.45, 2.75) is 38.1 Å². The van der Waals surface area contributed by atoms with Crippen LogP contribution in [0.25, 0.3) is 0 Å². The Kier molecular flexibility index (Phi) is 8.54. The van der Waals surface area contributed by atoms with Crippen LogP contribution in [0.15, 0.2) is 24.3 Å². The monoisotopic (exact) mass is 434 g/mol. The summed E-state index contributed by atoms with van der Waals surface area (Å²) >= 11 is 6.04. The zero-order chi connectivity index (χ0) is 21.5. The molecule has 1 saturated heterocycles. The Hall–Kier alpha value is -1.63. The van der Waals surface area contributed by atoms with Crippen molar-refractivity contribution in [1.29, 1.82) is 0 Å². The van der Waals surface area contributed by atoms with E-state index >= 15 is 0 Å². The van der Waals surface area contributed by atoms with E-state index in [1.165, 1.54) is 12.8 Å². The molecule has 2 amide bonds. The van der Waals surface area contributed by atoms with Gasteiger partial charge < -0.3 is 15.1 Å². The van der Waals surface area contributed by atoms with Gasteiger partial charge in [-0.25, -0.2) is 0 Å². The molecule has 0 radical (unpaired) electrons. The van der Waals surface area contributed by atoms with Crippen LogP contribution in [0.5, 0.6) is 0 Å². The first-order chi connectivity index (χ1) is 14.5. The first-order valence-electron chi connectivity index (χ1n) is 11.2. The molecule has 166 valence electrons. The maximum atomic E-state index is 13.1. The third-order valence-corrected chi connectivity index (χ3v) is 6.50. The lowest BCUT2D eigenvalue weighted by molar-refractivity contribution is -0.129. The average molecular weight is 435 g/mol. The minimum Gasteiger partial charge on any atom is -0.355 e. The predicted octanol–water partition coefficient (Wildman–Crippen LogP) is 2.72. The van der Waals surface area contributed by atoms with Gasteiger partial charge in [-0.05, 0) is 64.0 Å². The highest BCUT2D eigenvalue weighted by atomic mass is 35.5. The van der Waals surface area contributed by atoms with Crippen molar-refractivity contribution >= 4 is 23.4 Å². The maximum Gasteiger partial charge on any atom is 0.253 e. The van der Waals surface area contributed by atoms with Crippen LogP contribution in [-0.2, 0) is 4.79 Å². The number of hydrogen-bond acceptors (Lipinski definition) is 4. The maximum absolute atomic E-state index is 13.1. The summed E-state index contributed by atoms with van der Waals surface area (Å²) in [5.41, 5.74) is 0.627. The van der Waals surface area contributed by atoms with Crippen LogP contribution < -0.4 is 5.32 Å². The van der Waals surface area contributed by atoms with Gasteiger partial charge in [-0.2, -0.15) is 0 Å². The Labute approximate surface area is 185 Å². The van der Waals surface area contributed by atoms with Crippen LogP contribution in [0.4, 0.5) is 0 Å². The van der Waals surface area contributed by atoms with E-state index in [2.05, 4.69) is 15.1 Å². The van der Waals surface area contributed by atoms with E-state index in [4.69, 9.17) is 11.6 Å². The number of nitrogens with one attached hydrogen (secondary N) is 1. The summed E-state index contributed by atoms with van der Waals surface area (Å²) in [5, 5.41) is 3.75. The molecule has 1 aromatic carbocycles. The van der Waals surface area contributed by atoms with E-state index in [0.717, 1.165) is 38.9 Å². The van der Waals surface area contributed by atoms with E-state index in [0.29, 0.717) is 36.1 Å². The molecule has 1 N–H and O–H groups in total. The fraction of sp³-hybridized carbons (Fsp3) is 0.652. The summed E-state index contributed by atoms with van der Waals surface area (Å²) in [6.45, 7) is 4.44. The highest BCUT2D eigenvalue weighted by Gasteiger charge is 2.37. The second-order valence-electron chi connectivity index (χ2n) is 8.78. The van der Waals surface area contributed by atoms with Gasteiger partial charge in [0.1, 0.15) is 0 Å². The highest BCUT2D eigenvalue weighted by Crippen LogP contribution is 2.31. The van der Waals surface area contributed by atoms with E-state index < -0.39 is 0 Å². The molecular weight excluding hydrogens is 400 g/mol. The molecule has 1 aliphatic heterocycles. The molecule has 0 bridgehead atoms. The zero-order valence-electron chi connectivity index (χ0n) is 18.3. The van der Waals surface area contributed by atoms with Gasteiger partial charge in [-0.1, -0.05) is 30.5 Å². The molecule has 1 unspecified atom stereocenters. The van der Waals surface area contributed by atoms with E-state index in [1.54, 1.807) is 12.1 Å². The Bertz CT molecular complexity index is 713. The summed E-state index contributed by atoms with van der Waals surface area (Å²) in [7, 11) is 4.10. The van der Waals surface area contributed by atoms with Crippen molar-refractivity contribution < 1.29 is 9.59 Å². The number of amides is 2. The fourth-order valence-corrected chi connectivity index (χ4v) is 4.86. The number of rotatable bonds is 8. The van der Waals surface area contributed by atoms with Crippen LogP contribution in [-0.4, -0.2) is 85.9 Å². The molecule has 1 heterocycles. The van der Waals surface area contributed by atoms with Crippen LogP contribution in [0.2, 0.25) is 5.02 Å². The number of carbonyl (C=O) groups excluding carboxylic acids is 2. The summed E-state index contributed by atoms with van der Waals surface area (Å²) in [6.07, 6.45) is 5.62. The third kappa shape index (κ3) is 6.19. The van der Waals surface area contributed by atoms with E-state index in [1.807, 2.05) is 31.1 Å². The summed E-state index contributed by atoms with van der Waals surface area (Å²) in [4.78, 5) is 32.2. The Balaban J connectivity index is 1.57. The van der Waals surface area contributed by atoms with Crippen molar-refractivity contribution in [1.82, 2.24) is 20.0 Å². The van der Waals surface area contributed by atoms with Crippen LogP contribution >= 0.6 is 11.6 Å². The number of halogens is 1. The van der Waals surface area contributed by atoms with Crippen molar-refractivity contribution in [3.63, 3.8) is 0 Å². The van der Waals surface area contributed by atoms with Gasteiger partial charge in [0, 0.05) is 43.3 Å². The second kappa shape index (κ2) is 11.1. The lowest BCUT2D eigenvalue weighted by Crippen LogP contribution is -2.58. The fourth-order valence-electron chi connectivity index (χ4n) is 4.67. The predicted molar refractivity (Wildman–Crippen MR) is 121 cm³/mol. The first-order valence-corrected chi connectivity index (χ1v) is 11.5. The van der Waals surface area contributed by atoms with Gasteiger partial charge in [0.2, 0.25) is 5.91 Å². The van der Waals surface area contributed by atoms with Crippen molar-refractivity contribution in [3.8, 4) is 0 Å². The van der Waals surface area contributed by atoms with Crippen LogP contribution in [0.3, 0.4) is 0 Å². The van der Waals surface area contributed by atoms with Gasteiger partial charge in [0.15, 0.2) is 0 Å². The largest absolute Gasteiger partial charge is 0.355 e. The SMILES string of the molecule is CN(C)CCCNC(=O)C(C1CCCC1)N1CCN(C(=O)c2cccc(Cl)c2)CC1.